The van der Waals surface area contributed by atoms with Gasteiger partial charge >= 0.3 is 5.97 Å². The van der Waals surface area contributed by atoms with Gasteiger partial charge in [0.2, 0.25) is 0 Å². The fraction of sp³-hybridized carbons (Fsp3) is 0.800. The molecule has 0 unspecified atom stereocenters. The average Bonchev–Trinajstić information content (AvgIpc) is 2.73. The molecule has 0 saturated carbocycles. The van der Waals surface area contributed by atoms with Gasteiger partial charge < -0.3 is 4.74 Å². The molecule has 0 bridgehead atoms. The molecule has 0 aliphatic carbocycles. The van der Waals surface area contributed by atoms with Gasteiger partial charge in [0.25, 0.3) is 0 Å². The molecule has 2 nitrogen and oxygen atoms in total. The molecule has 1 heterocycles. The van der Waals surface area contributed by atoms with E-state index < -0.39 is 0 Å². The Kier molecular flexibility index (Phi) is 7.78. The third-order valence-electron chi connectivity index (χ3n) is 3.31. The van der Waals surface area contributed by atoms with Crippen molar-refractivity contribution >= 4 is 5.97 Å². The summed E-state index contributed by atoms with van der Waals surface area (Å²) in [5.74, 6) is -0.175. The minimum absolute atomic E-state index is 0.0621. The first-order chi connectivity index (χ1) is 8.33. The number of carbonyl (C=O) groups is 1. The lowest BCUT2D eigenvalue weighted by Gasteiger charge is -2.07. The molecule has 98 valence electrons. The zero-order chi connectivity index (χ0) is 12.3. The Hall–Kier alpha value is -0.790. The lowest BCUT2D eigenvalue weighted by atomic mass is 10.1. The molecule has 17 heavy (non-hydrogen) atoms. The van der Waals surface area contributed by atoms with E-state index in [0.29, 0.717) is 0 Å². The zero-order valence-corrected chi connectivity index (χ0v) is 11.1. The molecule has 0 aromatic rings. The van der Waals surface area contributed by atoms with Crippen molar-refractivity contribution in [1.29, 1.82) is 0 Å². The van der Waals surface area contributed by atoms with E-state index in [2.05, 4.69) is 6.92 Å². The summed E-state index contributed by atoms with van der Waals surface area (Å²) in [6.07, 6.45) is 16.5. The molecule has 0 aromatic heterocycles. The van der Waals surface area contributed by atoms with Crippen LogP contribution in [0.1, 0.15) is 71.1 Å². The first kappa shape index (κ1) is 14.3. The summed E-state index contributed by atoms with van der Waals surface area (Å²) in [6.45, 7) is 2.25. The smallest absolute Gasteiger partial charge is 0.331 e. The summed E-state index contributed by atoms with van der Waals surface area (Å²) in [6, 6.07) is 0. The third-order valence-corrected chi connectivity index (χ3v) is 3.31. The van der Waals surface area contributed by atoms with Gasteiger partial charge in [-0.15, -0.1) is 0 Å². The van der Waals surface area contributed by atoms with E-state index in [4.69, 9.17) is 4.74 Å². The number of ether oxygens (including phenoxy) is 1. The van der Waals surface area contributed by atoms with Gasteiger partial charge in [0, 0.05) is 6.08 Å². The molecule has 0 radical (unpaired) electrons. The predicted molar refractivity (Wildman–Crippen MR) is 70.9 cm³/mol. The molecule has 0 aromatic carbocycles. The highest BCUT2D eigenvalue weighted by molar-refractivity contribution is 5.84. The molecule has 0 N–H and O–H groups in total. The molecule has 0 saturated heterocycles. The van der Waals surface area contributed by atoms with E-state index in [0.717, 1.165) is 6.42 Å². The van der Waals surface area contributed by atoms with Gasteiger partial charge in [0.1, 0.15) is 6.10 Å². The fourth-order valence-corrected chi connectivity index (χ4v) is 2.22. The van der Waals surface area contributed by atoms with E-state index >= 15 is 0 Å². The SMILES string of the molecule is CCCCCCCCCCC[C@@H]1C=CC(=O)O1. The number of hydrogen-bond acceptors (Lipinski definition) is 2. The van der Waals surface area contributed by atoms with Crippen molar-refractivity contribution in [2.75, 3.05) is 0 Å². The Morgan fingerprint density at radius 2 is 1.59 bits per heavy atom. The summed E-state index contributed by atoms with van der Waals surface area (Å²) in [5.41, 5.74) is 0. The molecule has 0 spiro atoms. The summed E-state index contributed by atoms with van der Waals surface area (Å²) >= 11 is 0. The van der Waals surface area contributed by atoms with Crippen LogP contribution in [0.3, 0.4) is 0 Å². The number of rotatable bonds is 10. The Labute approximate surface area is 105 Å². The fourth-order valence-electron chi connectivity index (χ4n) is 2.22. The third kappa shape index (κ3) is 7.19. The largest absolute Gasteiger partial charge is 0.455 e. The maximum absolute atomic E-state index is 10.8. The summed E-state index contributed by atoms with van der Waals surface area (Å²) in [7, 11) is 0. The van der Waals surface area contributed by atoms with E-state index in [1.54, 1.807) is 6.08 Å². The second kappa shape index (κ2) is 9.26. The topological polar surface area (TPSA) is 26.3 Å². The first-order valence-corrected chi connectivity index (χ1v) is 7.21. The van der Waals surface area contributed by atoms with E-state index in [1.165, 1.54) is 57.8 Å². The van der Waals surface area contributed by atoms with Crippen LogP contribution >= 0.6 is 0 Å². The number of carbonyl (C=O) groups excluding carboxylic acids is 1. The standard InChI is InChI=1S/C15H26O2/c1-2-3-4-5-6-7-8-9-10-11-14-12-13-15(16)17-14/h12-14H,2-11H2,1H3/t14-/m1/s1. The van der Waals surface area contributed by atoms with Crippen LogP contribution in [0, 0.1) is 0 Å². The van der Waals surface area contributed by atoms with Crippen molar-refractivity contribution < 1.29 is 9.53 Å². The van der Waals surface area contributed by atoms with E-state index in [-0.39, 0.29) is 12.1 Å². The van der Waals surface area contributed by atoms with Crippen LogP contribution < -0.4 is 0 Å². The quantitative estimate of drug-likeness (QED) is 0.417. The first-order valence-electron chi connectivity index (χ1n) is 7.21. The monoisotopic (exact) mass is 238 g/mol. The Bertz CT molecular complexity index is 233. The molecular formula is C15H26O2. The summed E-state index contributed by atoms with van der Waals surface area (Å²) < 4.78 is 5.08. The van der Waals surface area contributed by atoms with Crippen LogP contribution in [0.2, 0.25) is 0 Å². The minimum Gasteiger partial charge on any atom is -0.455 e. The van der Waals surface area contributed by atoms with Gasteiger partial charge in [-0.3, -0.25) is 0 Å². The van der Waals surface area contributed by atoms with Crippen molar-refractivity contribution in [2.45, 2.75) is 77.2 Å². The molecule has 0 fully saturated rings. The highest BCUT2D eigenvalue weighted by Crippen LogP contribution is 2.15. The second-order valence-electron chi connectivity index (χ2n) is 4.95. The maximum Gasteiger partial charge on any atom is 0.331 e. The van der Waals surface area contributed by atoms with Gasteiger partial charge in [0.15, 0.2) is 0 Å². The van der Waals surface area contributed by atoms with Crippen LogP contribution in [0.5, 0.6) is 0 Å². The van der Waals surface area contributed by atoms with Gasteiger partial charge in [-0.1, -0.05) is 58.3 Å². The summed E-state index contributed by atoms with van der Waals surface area (Å²) in [5, 5.41) is 0. The molecule has 1 aliphatic rings. The van der Waals surface area contributed by atoms with Gasteiger partial charge in [0.05, 0.1) is 0 Å². The lowest BCUT2D eigenvalue weighted by molar-refractivity contribution is -0.138. The Morgan fingerprint density at radius 1 is 1.00 bits per heavy atom. The van der Waals surface area contributed by atoms with Crippen molar-refractivity contribution in [2.24, 2.45) is 0 Å². The highest BCUT2D eigenvalue weighted by atomic mass is 16.5. The number of hydrogen-bond donors (Lipinski definition) is 0. The van der Waals surface area contributed by atoms with Gasteiger partial charge in [-0.2, -0.15) is 0 Å². The molecule has 1 aliphatic heterocycles. The number of esters is 1. The lowest BCUT2D eigenvalue weighted by Crippen LogP contribution is -2.06. The number of cyclic esters (lactones) is 1. The molecule has 2 heteroatoms. The van der Waals surface area contributed by atoms with Gasteiger partial charge in [-0.25, -0.2) is 4.79 Å². The average molecular weight is 238 g/mol. The Balaban J connectivity index is 1.79. The minimum atomic E-state index is -0.175. The second-order valence-corrected chi connectivity index (χ2v) is 4.95. The molecular weight excluding hydrogens is 212 g/mol. The predicted octanol–water partition coefficient (Wildman–Crippen LogP) is 4.39. The van der Waals surface area contributed by atoms with Crippen LogP contribution in [-0.4, -0.2) is 12.1 Å². The van der Waals surface area contributed by atoms with Crippen molar-refractivity contribution in [3.63, 3.8) is 0 Å². The van der Waals surface area contributed by atoms with E-state index in [1.807, 2.05) is 6.08 Å². The normalized spacial score (nSPS) is 18.6. The molecule has 1 atom stereocenters. The van der Waals surface area contributed by atoms with Crippen LogP contribution in [0.15, 0.2) is 12.2 Å². The summed E-state index contributed by atoms with van der Waals surface area (Å²) in [4.78, 5) is 10.8. The van der Waals surface area contributed by atoms with Crippen LogP contribution in [0.25, 0.3) is 0 Å². The van der Waals surface area contributed by atoms with Crippen molar-refractivity contribution in [3.05, 3.63) is 12.2 Å². The Morgan fingerprint density at radius 3 is 2.12 bits per heavy atom. The number of unbranched alkanes of at least 4 members (excludes halogenated alkanes) is 8. The van der Waals surface area contributed by atoms with Crippen LogP contribution in [-0.2, 0) is 9.53 Å². The maximum atomic E-state index is 10.8. The van der Waals surface area contributed by atoms with Crippen LogP contribution in [0.4, 0.5) is 0 Å². The zero-order valence-electron chi connectivity index (χ0n) is 11.1. The van der Waals surface area contributed by atoms with E-state index in [9.17, 15) is 4.79 Å². The van der Waals surface area contributed by atoms with Crippen molar-refractivity contribution in [1.82, 2.24) is 0 Å². The molecule has 1 rings (SSSR count). The van der Waals surface area contributed by atoms with Crippen molar-refractivity contribution in [3.8, 4) is 0 Å². The molecule has 0 amide bonds. The van der Waals surface area contributed by atoms with Gasteiger partial charge in [-0.05, 0) is 18.9 Å². The highest BCUT2D eigenvalue weighted by Gasteiger charge is 2.15.